The van der Waals surface area contributed by atoms with E-state index in [0.717, 1.165) is 16.5 Å². The molecule has 2 amide bonds. The number of nitrogens with one attached hydrogen (secondary N) is 2. The number of fused-ring (bicyclic) bond motifs is 1. The van der Waals surface area contributed by atoms with Crippen LogP contribution in [0.15, 0.2) is 54.6 Å². The second-order valence-corrected chi connectivity index (χ2v) is 7.46. The lowest BCUT2D eigenvalue weighted by atomic mass is 10.0. The van der Waals surface area contributed by atoms with E-state index in [1.807, 2.05) is 36.4 Å². The minimum atomic E-state index is -0.711. The Morgan fingerprint density at radius 2 is 1.93 bits per heavy atom. The van der Waals surface area contributed by atoms with E-state index in [1.165, 1.54) is 0 Å². The molecule has 0 aliphatic carbocycles. The van der Waals surface area contributed by atoms with Gasteiger partial charge in [0, 0.05) is 35.4 Å². The Labute approximate surface area is 167 Å². The number of β-amino-alcohol motifs (C(OH)–C–C–N with tert-alkyl or cyclic N) is 1. The molecular formula is C21H20ClN3O3. The lowest BCUT2D eigenvalue weighted by molar-refractivity contribution is -0.143. The highest BCUT2D eigenvalue weighted by molar-refractivity contribution is 6.31. The predicted octanol–water partition coefficient (Wildman–Crippen LogP) is 2.37. The molecule has 3 N–H and O–H groups in total. The number of hydrogen-bond donors (Lipinski definition) is 3. The molecule has 1 atom stereocenters. The summed E-state index contributed by atoms with van der Waals surface area (Å²) in [6, 6.07) is 15.9. The maximum Gasteiger partial charge on any atom is 0.268 e. The lowest BCUT2D eigenvalue weighted by Crippen LogP contribution is -2.59. The Hall–Kier alpha value is -2.83. The minimum Gasteiger partial charge on any atom is -0.389 e. The van der Waals surface area contributed by atoms with E-state index in [2.05, 4.69) is 10.3 Å². The average molecular weight is 398 g/mol. The first-order valence-corrected chi connectivity index (χ1v) is 9.47. The molecule has 1 aliphatic heterocycles. The number of aliphatic hydroxyl groups is 1. The first-order chi connectivity index (χ1) is 13.5. The van der Waals surface area contributed by atoms with Gasteiger partial charge in [0.05, 0.1) is 6.10 Å². The summed E-state index contributed by atoms with van der Waals surface area (Å²) >= 11 is 6.01. The van der Waals surface area contributed by atoms with Crippen molar-refractivity contribution < 1.29 is 14.7 Å². The van der Waals surface area contributed by atoms with E-state index in [0.29, 0.717) is 30.2 Å². The van der Waals surface area contributed by atoms with Crippen molar-refractivity contribution in [1.29, 1.82) is 0 Å². The van der Waals surface area contributed by atoms with Crippen LogP contribution in [0.25, 0.3) is 10.9 Å². The molecule has 3 aromatic rings. The van der Waals surface area contributed by atoms with E-state index in [-0.39, 0.29) is 11.8 Å². The molecule has 4 rings (SSSR count). The van der Waals surface area contributed by atoms with Gasteiger partial charge in [-0.2, -0.15) is 0 Å². The summed E-state index contributed by atoms with van der Waals surface area (Å²) in [5.74, 6) is -0.552. The van der Waals surface area contributed by atoms with Crippen LogP contribution in [-0.4, -0.2) is 52.0 Å². The fraction of sp³-hybridized carbons (Fsp3) is 0.238. The SMILES string of the molecule is O=C(NC(Cc1ccccc1)C(=O)N1CC(O)C1)c1cc2cc(Cl)ccc2[nH]1. The minimum absolute atomic E-state index is 0.193. The number of amides is 2. The molecule has 1 fully saturated rings. The standard InChI is InChI=1S/C21H20ClN3O3/c22-15-6-7-17-14(9-15)10-18(23-17)20(27)24-19(8-13-4-2-1-3-5-13)21(28)25-11-16(26)12-25/h1-7,9-10,16,19,23,26H,8,11-12H2,(H,24,27). The summed E-state index contributed by atoms with van der Waals surface area (Å²) in [7, 11) is 0. The summed E-state index contributed by atoms with van der Waals surface area (Å²) < 4.78 is 0. The Morgan fingerprint density at radius 3 is 2.64 bits per heavy atom. The molecule has 1 unspecified atom stereocenters. The predicted molar refractivity (Wildman–Crippen MR) is 107 cm³/mol. The summed E-state index contributed by atoms with van der Waals surface area (Å²) in [5, 5.41) is 13.8. The number of benzene rings is 2. The number of carbonyl (C=O) groups is 2. The van der Waals surface area contributed by atoms with Gasteiger partial charge in [-0.3, -0.25) is 9.59 Å². The van der Waals surface area contributed by atoms with Gasteiger partial charge < -0.3 is 20.3 Å². The molecule has 1 aromatic heterocycles. The third kappa shape index (κ3) is 3.88. The number of carbonyl (C=O) groups excluding carboxylic acids is 2. The van der Waals surface area contributed by atoms with Crippen LogP contribution in [0.3, 0.4) is 0 Å². The molecule has 6 nitrogen and oxygen atoms in total. The van der Waals surface area contributed by atoms with E-state index >= 15 is 0 Å². The second-order valence-electron chi connectivity index (χ2n) is 7.03. The summed E-state index contributed by atoms with van der Waals surface area (Å²) in [5.41, 5.74) is 2.11. The Bertz CT molecular complexity index is 1010. The molecule has 0 spiro atoms. The number of H-pyrrole nitrogens is 1. The highest BCUT2D eigenvalue weighted by Gasteiger charge is 2.34. The van der Waals surface area contributed by atoms with Crippen LogP contribution in [0.2, 0.25) is 5.02 Å². The monoisotopic (exact) mass is 397 g/mol. The zero-order valence-electron chi connectivity index (χ0n) is 15.1. The Morgan fingerprint density at radius 1 is 1.18 bits per heavy atom. The van der Waals surface area contributed by atoms with Gasteiger partial charge in [0.2, 0.25) is 5.91 Å². The van der Waals surface area contributed by atoms with Gasteiger partial charge in [0.25, 0.3) is 5.91 Å². The normalized spacial score (nSPS) is 15.3. The van der Waals surface area contributed by atoms with Crippen molar-refractivity contribution in [3.63, 3.8) is 0 Å². The molecule has 1 aliphatic rings. The summed E-state index contributed by atoms with van der Waals surface area (Å²) in [6.07, 6.45) is -0.111. The molecule has 144 valence electrons. The van der Waals surface area contributed by atoms with Crippen molar-refractivity contribution in [3.05, 3.63) is 70.9 Å². The van der Waals surface area contributed by atoms with Gasteiger partial charge in [0.15, 0.2) is 0 Å². The number of hydrogen-bond acceptors (Lipinski definition) is 3. The molecule has 2 aromatic carbocycles. The highest BCUT2D eigenvalue weighted by atomic mass is 35.5. The van der Waals surface area contributed by atoms with E-state index in [1.54, 1.807) is 23.1 Å². The molecule has 0 saturated carbocycles. The average Bonchev–Trinajstić information content (AvgIpc) is 3.08. The van der Waals surface area contributed by atoms with Crippen molar-refractivity contribution in [3.8, 4) is 0 Å². The van der Waals surface area contributed by atoms with E-state index < -0.39 is 12.1 Å². The zero-order valence-corrected chi connectivity index (χ0v) is 15.8. The number of nitrogens with zero attached hydrogens (tertiary/aromatic N) is 1. The van der Waals surface area contributed by atoms with Crippen LogP contribution in [-0.2, 0) is 11.2 Å². The number of likely N-dealkylation sites (tertiary alicyclic amines) is 1. The highest BCUT2D eigenvalue weighted by Crippen LogP contribution is 2.20. The fourth-order valence-corrected chi connectivity index (χ4v) is 3.55. The molecule has 1 saturated heterocycles. The molecule has 0 radical (unpaired) electrons. The lowest BCUT2D eigenvalue weighted by Gasteiger charge is -2.38. The van der Waals surface area contributed by atoms with Crippen LogP contribution in [0.1, 0.15) is 16.1 Å². The van der Waals surface area contributed by atoms with Gasteiger partial charge >= 0.3 is 0 Å². The smallest absolute Gasteiger partial charge is 0.268 e. The number of aromatic amines is 1. The van der Waals surface area contributed by atoms with Crippen LogP contribution >= 0.6 is 11.6 Å². The van der Waals surface area contributed by atoms with Crippen LogP contribution < -0.4 is 5.32 Å². The number of aromatic nitrogens is 1. The molecule has 0 bridgehead atoms. The molecule has 28 heavy (non-hydrogen) atoms. The summed E-state index contributed by atoms with van der Waals surface area (Å²) in [4.78, 5) is 30.3. The first-order valence-electron chi connectivity index (χ1n) is 9.09. The fourth-order valence-electron chi connectivity index (χ4n) is 3.37. The van der Waals surface area contributed by atoms with Crippen molar-refractivity contribution in [2.45, 2.75) is 18.6 Å². The summed E-state index contributed by atoms with van der Waals surface area (Å²) in [6.45, 7) is 0.593. The van der Waals surface area contributed by atoms with Crippen molar-refractivity contribution in [1.82, 2.24) is 15.2 Å². The first kappa shape index (κ1) is 18.5. The Balaban J connectivity index is 1.54. The van der Waals surface area contributed by atoms with Gasteiger partial charge in [0.1, 0.15) is 11.7 Å². The van der Waals surface area contributed by atoms with Gasteiger partial charge in [-0.1, -0.05) is 41.9 Å². The maximum absolute atomic E-state index is 12.8. The Kier molecular flexibility index (Phi) is 5.07. The molecular weight excluding hydrogens is 378 g/mol. The van der Waals surface area contributed by atoms with E-state index in [4.69, 9.17) is 11.6 Å². The number of rotatable bonds is 5. The second kappa shape index (κ2) is 7.66. The van der Waals surface area contributed by atoms with Crippen molar-refractivity contribution >= 4 is 34.3 Å². The maximum atomic E-state index is 12.8. The van der Waals surface area contributed by atoms with Crippen LogP contribution in [0.4, 0.5) is 0 Å². The van der Waals surface area contributed by atoms with Crippen LogP contribution in [0, 0.1) is 0 Å². The molecule has 7 heteroatoms. The van der Waals surface area contributed by atoms with Gasteiger partial charge in [-0.05, 0) is 29.8 Å². The number of aliphatic hydroxyl groups excluding tert-OH is 1. The third-order valence-electron chi connectivity index (χ3n) is 4.89. The zero-order chi connectivity index (χ0) is 19.7. The van der Waals surface area contributed by atoms with Crippen molar-refractivity contribution in [2.24, 2.45) is 0 Å². The molecule has 2 heterocycles. The van der Waals surface area contributed by atoms with E-state index in [9.17, 15) is 14.7 Å². The quantitative estimate of drug-likeness (QED) is 0.617. The number of halogens is 1. The van der Waals surface area contributed by atoms with Gasteiger partial charge in [-0.15, -0.1) is 0 Å². The van der Waals surface area contributed by atoms with Crippen LogP contribution in [0.5, 0.6) is 0 Å². The topological polar surface area (TPSA) is 85.4 Å². The van der Waals surface area contributed by atoms with Crippen molar-refractivity contribution in [2.75, 3.05) is 13.1 Å². The van der Waals surface area contributed by atoms with Gasteiger partial charge in [-0.25, -0.2) is 0 Å². The third-order valence-corrected chi connectivity index (χ3v) is 5.12. The largest absolute Gasteiger partial charge is 0.389 e.